The first-order valence-electron chi connectivity index (χ1n) is 13.5. The van der Waals surface area contributed by atoms with Crippen LogP contribution >= 0.6 is 0 Å². The lowest BCUT2D eigenvalue weighted by Gasteiger charge is -2.32. The van der Waals surface area contributed by atoms with Crippen molar-refractivity contribution in [2.75, 3.05) is 14.2 Å². The Hall–Kier alpha value is -3.38. The highest BCUT2D eigenvalue weighted by Gasteiger charge is 2.68. The van der Waals surface area contributed by atoms with Crippen LogP contribution in [0.2, 0.25) is 0 Å². The second kappa shape index (κ2) is 9.98. The smallest absolute Gasteiger partial charge is 0.307 e. The molecule has 2 aliphatic rings. The molecule has 1 spiro atoms. The van der Waals surface area contributed by atoms with Crippen LogP contribution in [0.1, 0.15) is 62.5 Å². The molecule has 4 atom stereocenters. The van der Waals surface area contributed by atoms with Crippen molar-refractivity contribution in [3.05, 3.63) is 82.7 Å². The summed E-state index contributed by atoms with van der Waals surface area (Å²) in [6.45, 7) is 8.65. The molecule has 5 rings (SSSR count). The van der Waals surface area contributed by atoms with Gasteiger partial charge in [0.1, 0.15) is 23.9 Å². The number of hydrogen-bond acceptors (Lipinski definition) is 4. The second-order valence-electron chi connectivity index (χ2n) is 12.0. The summed E-state index contributed by atoms with van der Waals surface area (Å²) in [6.07, 6.45) is 1.49. The number of carboxylic acids is 1. The van der Waals surface area contributed by atoms with Crippen LogP contribution < -0.4 is 9.47 Å². The lowest BCUT2D eigenvalue weighted by molar-refractivity contribution is -0.139. The molecule has 1 fully saturated rings. The number of halogens is 1. The maximum absolute atomic E-state index is 15.0. The van der Waals surface area contributed by atoms with E-state index in [0.29, 0.717) is 17.9 Å². The first-order valence-corrected chi connectivity index (χ1v) is 13.5. The predicted molar refractivity (Wildman–Crippen MR) is 149 cm³/mol. The van der Waals surface area contributed by atoms with Crippen molar-refractivity contribution in [1.82, 2.24) is 0 Å². The zero-order valence-corrected chi connectivity index (χ0v) is 23.5. The minimum Gasteiger partial charge on any atom is -0.497 e. The monoisotopic (exact) mass is 532 g/mol. The maximum atomic E-state index is 15.0. The number of carbonyl (C=O) groups is 1. The summed E-state index contributed by atoms with van der Waals surface area (Å²) in [5, 5.41) is 9.72. The Morgan fingerprint density at radius 2 is 1.79 bits per heavy atom. The zero-order valence-electron chi connectivity index (χ0n) is 23.5. The molecule has 0 amide bonds. The standard InChI is InChI=1S/C33H37FO5/c1-19-29(31(35)36)33(19)14-13-21-8-9-23(17-27(21)33)39-18-20-7-11-24(25-16-22(37-5)10-12-28(25)34)26(15-20)30(38-6)32(2,3)4/h7-12,15-17,19,29-30H,13-14,18H2,1-6H3,(H,35,36)/t19-,29-,30-,33-/m0/s1. The molecule has 39 heavy (non-hydrogen) atoms. The molecule has 3 aromatic carbocycles. The van der Waals surface area contributed by atoms with Crippen molar-refractivity contribution >= 4 is 5.97 Å². The first kappa shape index (κ1) is 27.2. The fraction of sp³-hybridized carbons (Fsp3) is 0.424. The number of methoxy groups -OCH3 is 2. The second-order valence-corrected chi connectivity index (χ2v) is 12.0. The van der Waals surface area contributed by atoms with E-state index in [-0.39, 0.29) is 34.6 Å². The molecule has 0 unspecified atom stereocenters. The molecular weight excluding hydrogens is 495 g/mol. The maximum Gasteiger partial charge on any atom is 0.307 e. The Balaban J connectivity index is 1.46. The van der Waals surface area contributed by atoms with Crippen LogP contribution in [0.4, 0.5) is 4.39 Å². The van der Waals surface area contributed by atoms with Gasteiger partial charge in [-0.1, -0.05) is 45.9 Å². The number of aliphatic carboxylic acids is 1. The number of hydrogen-bond donors (Lipinski definition) is 1. The normalized spacial score (nSPS) is 22.4. The van der Waals surface area contributed by atoms with Crippen molar-refractivity contribution in [3.63, 3.8) is 0 Å². The Bertz CT molecular complexity index is 1410. The van der Waals surface area contributed by atoms with Crippen LogP contribution in [0.15, 0.2) is 54.6 Å². The Labute approximate surface area is 229 Å². The summed E-state index contributed by atoms with van der Waals surface area (Å²) in [4.78, 5) is 11.8. The van der Waals surface area contributed by atoms with Crippen molar-refractivity contribution < 1.29 is 28.5 Å². The minimum atomic E-state index is -0.715. The molecule has 0 heterocycles. The molecule has 0 radical (unpaired) electrons. The summed E-state index contributed by atoms with van der Waals surface area (Å²) in [7, 11) is 3.24. The number of fused-ring (bicyclic) bond motifs is 2. The molecule has 2 aliphatic carbocycles. The van der Waals surface area contributed by atoms with E-state index >= 15 is 4.39 Å². The number of rotatable bonds is 8. The van der Waals surface area contributed by atoms with Gasteiger partial charge in [-0.2, -0.15) is 0 Å². The van der Waals surface area contributed by atoms with Gasteiger partial charge >= 0.3 is 5.97 Å². The van der Waals surface area contributed by atoms with Crippen LogP contribution in [0.25, 0.3) is 11.1 Å². The van der Waals surface area contributed by atoms with Crippen molar-refractivity contribution in [2.24, 2.45) is 17.3 Å². The van der Waals surface area contributed by atoms with E-state index in [1.165, 1.54) is 11.6 Å². The topological polar surface area (TPSA) is 65.0 Å². The van der Waals surface area contributed by atoms with Crippen LogP contribution in [0.5, 0.6) is 11.5 Å². The summed E-state index contributed by atoms with van der Waals surface area (Å²) in [5.74, 6) is 0.0615. The lowest BCUT2D eigenvalue weighted by Crippen LogP contribution is -2.21. The highest BCUT2D eigenvalue weighted by atomic mass is 19.1. The van der Waals surface area contributed by atoms with E-state index in [4.69, 9.17) is 14.2 Å². The molecule has 1 saturated carbocycles. The molecule has 6 heteroatoms. The van der Waals surface area contributed by atoms with E-state index in [1.807, 2.05) is 37.3 Å². The van der Waals surface area contributed by atoms with E-state index in [1.54, 1.807) is 26.4 Å². The summed E-state index contributed by atoms with van der Waals surface area (Å²) >= 11 is 0. The molecule has 0 saturated heterocycles. The molecule has 1 N–H and O–H groups in total. The molecule has 206 valence electrons. The number of ether oxygens (including phenoxy) is 3. The fourth-order valence-corrected chi connectivity index (χ4v) is 6.75. The van der Waals surface area contributed by atoms with E-state index in [0.717, 1.165) is 40.8 Å². The van der Waals surface area contributed by atoms with Gasteiger partial charge in [-0.05, 0) is 88.4 Å². The molecule has 0 aliphatic heterocycles. The third-order valence-electron chi connectivity index (χ3n) is 8.71. The molecular formula is C33H37FO5. The van der Waals surface area contributed by atoms with Gasteiger partial charge in [-0.15, -0.1) is 0 Å². The number of benzene rings is 3. The SMILES string of the molecule is COc1ccc(F)c(-c2ccc(COc3ccc4c(c3)[C@@]3(CC4)[C@H](C(=O)O)[C@@H]3C)cc2[C@H](OC)C(C)(C)C)c1. The third kappa shape index (κ3) is 4.69. The molecule has 3 aromatic rings. The minimum absolute atomic E-state index is 0.127. The largest absolute Gasteiger partial charge is 0.497 e. The van der Waals surface area contributed by atoms with Gasteiger partial charge in [0.05, 0.1) is 19.1 Å². The molecule has 0 aromatic heterocycles. The van der Waals surface area contributed by atoms with Crippen molar-refractivity contribution in [3.8, 4) is 22.6 Å². The molecule has 0 bridgehead atoms. The Kier molecular flexibility index (Phi) is 6.96. The molecule has 5 nitrogen and oxygen atoms in total. The van der Waals surface area contributed by atoms with Crippen LogP contribution in [0.3, 0.4) is 0 Å². The number of carboxylic acid groups (broad SMARTS) is 1. The quantitative estimate of drug-likeness (QED) is 0.329. The Morgan fingerprint density at radius 3 is 2.44 bits per heavy atom. The zero-order chi connectivity index (χ0) is 28.1. The summed E-state index contributed by atoms with van der Waals surface area (Å²) in [5.41, 5.74) is 4.85. The summed E-state index contributed by atoms with van der Waals surface area (Å²) in [6, 6.07) is 16.7. The van der Waals surface area contributed by atoms with Crippen molar-refractivity contribution in [1.29, 1.82) is 0 Å². The number of aryl methyl sites for hydroxylation is 1. The van der Waals surface area contributed by atoms with Gasteiger partial charge < -0.3 is 19.3 Å². The van der Waals surface area contributed by atoms with Crippen molar-refractivity contribution in [2.45, 2.75) is 58.7 Å². The van der Waals surface area contributed by atoms with E-state index in [9.17, 15) is 9.90 Å². The van der Waals surface area contributed by atoms with Gasteiger partial charge in [0, 0.05) is 18.1 Å². The third-order valence-corrected chi connectivity index (χ3v) is 8.71. The fourth-order valence-electron chi connectivity index (χ4n) is 6.75. The average molecular weight is 533 g/mol. The van der Waals surface area contributed by atoms with Gasteiger partial charge in [0.2, 0.25) is 0 Å². The van der Waals surface area contributed by atoms with Gasteiger partial charge in [0.15, 0.2) is 0 Å². The predicted octanol–water partition coefficient (Wildman–Crippen LogP) is 7.35. The highest BCUT2D eigenvalue weighted by molar-refractivity contribution is 5.79. The van der Waals surface area contributed by atoms with Crippen LogP contribution in [0, 0.1) is 23.1 Å². The van der Waals surface area contributed by atoms with E-state index in [2.05, 4.69) is 26.8 Å². The lowest BCUT2D eigenvalue weighted by atomic mass is 9.81. The summed E-state index contributed by atoms with van der Waals surface area (Å²) < 4.78 is 32.6. The van der Waals surface area contributed by atoms with Gasteiger partial charge in [0.25, 0.3) is 0 Å². The van der Waals surface area contributed by atoms with Crippen LogP contribution in [-0.4, -0.2) is 25.3 Å². The van der Waals surface area contributed by atoms with E-state index < -0.39 is 5.97 Å². The highest BCUT2D eigenvalue weighted by Crippen LogP contribution is 2.66. The van der Waals surface area contributed by atoms with Gasteiger partial charge in [-0.25, -0.2) is 4.39 Å². The Morgan fingerprint density at radius 1 is 1.05 bits per heavy atom. The van der Waals surface area contributed by atoms with Gasteiger partial charge in [-0.3, -0.25) is 4.79 Å². The average Bonchev–Trinajstić information content (AvgIpc) is 3.32. The van der Waals surface area contributed by atoms with Crippen LogP contribution in [-0.2, 0) is 28.0 Å². The first-order chi connectivity index (χ1) is 18.5.